The minimum Gasteiger partial charge on any atom is -0.507 e. The Hall–Kier alpha value is -1.42. The van der Waals surface area contributed by atoms with Gasteiger partial charge in [-0.05, 0) is 25.0 Å². The zero-order valence-corrected chi connectivity index (χ0v) is 12.1. The molecule has 0 aliphatic heterocycles. The number of rotatable bonds is 7. The average molecular weight is 286 g/mol. The van der Waals surface area contributed by atoms with Gasteiger partial charge in [-0.2, -0.15) is 0 Å². The van der Waals surface area contributed by atoms with Crippen LogP contribution in [0, 0.1) is 0 Å². The average Bonchev–Trinajstić information content (AvgIpc) is 2.42. The van der Waals surface area contributed by atoms with Crippen LogP contribution >= 0.6 is 11.6 Å². The number of phenols is 1. The monoisotopic (exact) mass is 285 g/mol. The predicted octanol–water partition coefficient (Wildman–Crippen LogP) is 2.88. The van der Waals surface area contributed by atoms with E-state index < -0.39 is 0 Å². The fraction of sp³-hybridized carbons (Fsp3) is 0.500. The number of ether oxygens (including phenoxy) is 1. The van der Waals surface area contributed by atoms with Crippen molar-refractivity contribution in [3.63, 3.8) is 0 Å². The fourth-order valence-corrected chi connectivity index (χ4v) is 1.94. The van der Waals surface area contributed by atoms with Crippen molar-refractivity contribution in [1.82, 2.24) is 4.90 Å². The molecule has 1 aromatic carbocycles. The summed E-state index contributed by atoms with van der Waals surface area (Å²) >= 11 is 5.60. The zero-order valence-electron chi connectivity index (χ0n) is 11.4. The van der Waals surface area contributed by atoms with Gasteiger partial charge in [-0.1, -0.05) is 6.42 Å². The molecule has 0 fully saturated rings. The second kappa shape index (κ2) is 7.89. The summed E-state index contributed by atoms with van der Waals surface area (Å²) in [6, 6.07) is 4.68. The number of aromatic hydroxyl groups is 1. The maximum atomic E-state index is 12.1. The maximum Gasteiger partial charge on any atom is 0.257 e. The first-order valence-corrected chi connectivity index (χ1v) is 6.82. The smallest absolute Gasteiger partial charge is 0.257 e. The van der Waals surface area contributed by atoms with E-state index in [-0.39, 0.29) is 11.7 Å². The molecule has 19 heavy (non-hydrogen) atoms. The Bertz CT molecular complexity index is 423. The summed E-state index contributed by atoms with van der Waals surface area (Å²) in [5.41, 5.74) is 0.292. The van der Waals surface area contributed by atoms with E-state index in [0.717, 1.165) is 19.3 Å². The van der Waals surface area contributed by atoms with Gasteiger partial charge in [0.1, 0.15) is 11.5 Å². The lowest BCUT2D eigenvalue weighted by molar-refractivity contribution is 0.0789. The summed E-state index contributed by atoms with van der Waals surface area (Å²) in [5.74, 6) is 0.929. The van der Waals surface area contributed by atoms with Gasteiger partial charge in [0, 0.05) is 25.5 Å². The number of unbranched alkanes of at least 4 members (excludes halogenated alkanes) is 2. The molecule has 106 valence electrons. The molecule has 1 rings (SSSR count). The highest BCUT2D eigenvalue weighted by Crippen LogP contribution is 2.24. The van der Waals surface area contributed by atoms with Crippen LogP contribution in [0.1, 0.15) is 29.6 Å². The highest BCUT2D eigenvalue weighted by atomic mass is 35.5. The number of halogens is 1. The van der Waals surface area contributed by atoms with E-state index in [0.29, 0.717) is 23.7 Å². The lowest BCUT2D eigenvalue weighted by Crippen LogP contribution is -2.27. The van der Waals surface area contributed by atoms with Crippen molar-refractivity contribution in [3.8, 4) is 11.5 Å². The zero-order chi connectivity index (χ0) is 14.3. The van der Waals surface area contributed by atoms with Gasteiger partial charge in [0.2, 0.25) is 0 Å². The van der Waals surface area contributed by atoms with Crippen LogP contribution in [0.2, 0.25) is 0 Å². The van der Waals surface area contributed by atoms with Crippen LogP contribution in [-0.2, 0) is 0 Å². The first-order chi connectivity index (χ1) is 9.10. The second-order valence-corrected chi connectivity index (χ2v) is 4.74. The van der Waals surface area contributed by atoms with Crippen molar-refractivity contribution < 1.29 is 14.6 Å². The van der Waals surface area contributed by atoms with Crippen LogP contribution in [0.5, 0.6) is 11.5 Å². The number of hydrogen-bond donors (Lipinski definition) is 1. The number of benzene rings is 1. The molecule has 0 aliphatic carbocycles. The Labute approximate surface area is 118 Å². The van der Waals surface area contributed by atoms with Gasteiger partial charge >= 0.3 is 0 Å². The molecule has 0 atom stereocenters. The predicted molar refractivity (Wildman–Crippen MR) is 76.2 cm³/mol. The standard InChI is InChI=1S/C14H20ClNO3/c1-16(9-5-3-4-8-15)14(18)12-7-6-11(19-2)10-13(12)17/h6-7,10,17H,3-5,8-9H2,1-2H3. The molecule has 0 bridgehead atoms. The SMILES string of the molecule is COc1ccc(C(=O)N(C)CCCCCCl)c(O)c1. The van der Waals surface area contributed by atoms with Gasteiger partial charge in [-0.25, -0.2) is 0 Å². The fourth-order valence-electron chi connectivity index (χ4n) is 1.75. The molecular weight excluding hydrogens is 266 g/mol. The number of amides is 1. The molecule has 5 heteroatoms. The quantitative estimate of drug-likeness (QED) is 0.619. The Morgan fingerprint density at radius 3 is 2.68 bits per heavy atom. The molecule has 1 amide bonds. The molecule has 0 spiro atoms. The van der Waals surface area contributed by atoms with Crippen LogP contribution in [0.25, 0.3) is 0 Å². The molecule has 0 saturated heterocycles. The number of phenolic OH excluding ortho intramolecular Hbond substituents is 1. The molecule has 4 nitrogen and oxygen atoms in total. The Balaban J connectivity index is 2.61. The van der Waals surface area contributed by atoms with Crippen LogP contribution in [0.4, 0.5) is 0 Å². The minimum atomic E-state index is -0.189. The number of carbonyl (C=O) groups is 1. The lowest BCUT2D eigenvalue weighted by atomic mass is 10.1. The van der Waals surface area contributed by atoms with E-state index in [1.54, 1.807) is 24.1 Å². The van der Waals surface area contributed by atoms with Crippen LogP contribution in [0.15, 0.2) is 18.2 Å². The van der Waals surface area contributed by atoms with Crippen molar-refractivity contribution >= 4 is 17.5 Å². The second-order valence-electron chi connectivity index (χ2n) is 4.36. The molecule has 0 unspecified atom stereocenters. The van der Waals surface area contributed by atoms with E-state index in [2.05, 4.69) is 0 Å². The molecule has 0 radical (unpaired) electrons. The summed E-state index contributed by atoms with van der Waals surface area (Å²) in [5, 5.41) is 9.81. The van der Waals surface area contributed by atoms with Crippen LogP contribution in [0.3, 0.4) is 0 Å². The molecule has 1 N–H and O–H groups in total. The maximum absolute atomic E-state index is 12.1. The first-order valence-electron chi connectivity index (χ1n) is 6.28. The Kier molecular flexibility index (Phi) is 6.50. The van der Waals surface area contributed by atoms with Gasteiger partial charge in [0.15, 0.2) is 0 Å². The number of hydrogen-bond acceptors (Lipinski definition) is 3. The summed E-state index contributed by atoms with van der Waals surface area (Å²) in [6.07, 6.45) is 2.86. The van der Waals surface area contributed by atoms with E-state index in [9.17, 15) is 9.90 Å². The molecule has 0 aliphatic rings. The van der Waals surface area contributed by atoms with Crippen molar-refractivity contribution in [2.75, 3.05) is 26.6 Å². The molecular formula is C14H20ClNO3. The van der Waals surface area contributed by atoms with E-state index in [1.165, 1.54) is 13.2 Å². The van der Waals surface area contributed by atoms with Gasteiger partial charge < -0.3 is 14.7 Å². The number of alkyl halides is 1. The highest BCUT2D eigenvalue weighted by molar-refractivity contribution is 6.17. The topological polar surface area (TPSA) is 49.8 Å². The summed E-state index contributed by atoms with van der Waals surface area (Å²) in [7, 11) is 3.24. The third kappa shape index (κ3) is 4.63. The van der Waals surface area contributed by atoms with E-state index >= 15 is 0 Å². The lowest BCUT2D eigenvalue weighted by Gasteiger charge is -2.18. The van der Waals surface area contributed by atoms with Crippen LogP contribution in [-0.4, -0.2) is 42.5 Å². The molecule has 0 aromatic heterocycles. The Morgan fingerprint density at radius 2 is 2.11 bits per heavy atom. The van der Waals surface area contributed by atoms with Crippen molar-refractivity contribution in [2.24, 2.45) is 0 Å². The molecule has 0 heterocycles. The Morgan fingerprint density at radius 1 is 1.37 bits per heavy atom. The van der Waals surface area contributed by atoms with E-state index in [1.807, 2.05) is 0 Å². The largest absolute Gasteiger partial charge is 0.507 e. The number of nitrogens with zero attached hydrogens (tertiary/aromatic N) is 1. The summed E-state index contributed by atoms with van der Waals surface area (Å²) < 4.78 is 4.98. The van der Waals surface area contributed by atoms with Crippen molar-refractivity contribution in [3.05, 3.63) is 23.8 Å². The molecule has 1 aromatic rings. The third-order valence-corrected chi connectivity index (χ3v) is 3.18. The third-order valence-electron chi connectivity index (χ3n) is 2.91. The summed E-state index contributed by atoms with van der Waals surface area (Å²) in [6.45, 7) is 0.654. The molecule has 0 saturated carbocycles. The van der Waals surface area contributed by atoms with Gasteiger partial charge in [-0.15, -0.1) is 11.6 Å². The van der Waals surface area contributed by atoms with Gasteiger partial charge in [-0.3, -0.25) is 4.79 Å². The highest BCUT2D eigenvalue weighted by Gasteiger charge is 2.15. The van der Waals surface area contributed by atoms with Crippen LogP contribution < -0.4 is 4.74 Å². The van der Waals surface area contributed by atoms with Gasteiger partial charge in [0.25, 0.3) is 5.91 Å². The van der Waals surface area contributed by atoms with Gasteiger partial charge in [0.05, 0.1) is 12.7 Å². The normalized spacial score (nSPS) is 10.3. The minimum absolute atomic E-state index is 0.0584. The van der Waals surface area contributed by atoms with E-state index in [4.69, 9.17) is 16.3 Å². The number of carbonyl (C=O) groups excluding carboxylic acids is 1. The summed E-state index contributed by atoms with van der Waals surface area (Å²) in [4.78, 5) is 13.7. The van der Waals surface area contributed by atoms with Crippen molar-refractivity contribution in [1.29, 1.82) is 0 Å². The number of methoxy groups -OCH3 is 1. The van der Waals surface area contributed by atoms with Crippen molar-refractivity contribution in [2.45, 2.75) is 19.3 Å². The first kappa shape index (κ1) is 15.6.